The Bertz CT molecular complexity index is 378. The number of halogens is 1. The summed E-state index contributed by atoms with van der Waals surface area (Å²) >= 11 is 5.83. The SMILES string of the molecule is CCCCN(CCC)C(=O)NCc1ccc(Cl)cc1. The van der Waals surface area contributed by atoms with E-state index in [9.17, 15) is 4.79 Å². The van der Waals surface area contributed by atoms with E-state index in [0.717, 1.165) is 37.9 Å². The average molecular weight is 283 g/mol. The van der Waals surface area contributed by atoms with Crippen LogP contribution in [0.5, 0.6) is 0 Å². The van der Waals surface area contributed by atoms with E-state index in [4.69, 9.17) is 11.6 Å². The third-order valence-electron chi connectivity index (χ3n) is 2.92. The van der Waals surface area contributed by atoms with Crippen molar-refractivity contribution in [1.29, 1.82) is 0 Å². The minimum atomic E-state index is 0.0188. The summed E-state index contributed by atoms with van der Waals surface area (Å²) in [5.74, 6) is 0. The summed E-state index contributed by atoms with van der Waals surface area (Å²) in [4.78, 5) is 14.0. The Morgan fingerprint density at radius 1 is 1.16 bits per heavy atom. The molecule has 1 N–H and O–H groups in total. The van der Waals surface area contributed by atoms with Gasteiger partial charge < -0.3 is 10.2 Å². The lowest BCUT2D eigenvalue weighted by molar-refractivity contribution is 0.196. The number of nitrogens with zero attached hydrogens (tertiary/aromatic N) is 1. The fourth-order valence-corrected chi connectivity index (χ4v) is 1.95. The van der Waals surface area contributed by atoms with Gasteiger partial charge in [0.2, 0.25) is 0 Å². The Balaban J connectivity index is 2.44. The quantitative estimate of drug-likeness (QED) is 0.803. The van der Waals surface area contributed by atoms with E-state index >= 15 is 0 Å². The Labute approximate surface area is 120 Å². The molecule has 0 heterocycles. The van der Waals surface area contributed by atoms with Gasteiger partial charge in [-0.2, -0.15) is 0 Å². The number of carbonyl (C=O) groups is 1. The van der Waals surface area contributed by atoms with Crippen molar-refractivity contribution in [2.24, 2.45) is 0 Å². The van der Waals surface area contributed by atoms with Gasteiger partial charge in [0.05, 0.1) is 0 Å². The van der Waals surface area contributed by atoms with E-state index in [2.05, 4.69) is 19.2 Å². The summed E-state index contributed by atoms with van der Waals surface area (Å²) in [6.45, 7) is 6.41. The normalized spacial score (nSPS) is 10.3. The minimum absolute atomic E-state index is 0.0188. The topological polar surface area (TPSA) is 32.3 Å². The molecule has 0 spiro atoms. The first-order valence-electron chi connectivity index (χ1n) is 6.94. The van der Waals surface area contributed by atoms with Gasteiger partial charge >= 0.3 is 6.03 Å². The molecule has 1 aromatic carbocycles. The zero-order chi connectivity index (χ0) is 14.1. The fraction of sp³-hybridized carbons (Fsp3) is 0.533. The van der Waals surface area contributed by atoms with Crippen molar-refractivity contribution in [2.75, 3.05) is 13.1 Å². The first-order chi connectivity index (χ1) is 9.17. The summed E-state index contributed by atoms with van der Waals surface area (Å²) in [5.41, 5.74) is 1.06. The Hall–Kier alpha value is -1.22. The average Bonchev–Trinajstić information content (AvgIpc) is 2.42. The summed E-state index contributed by atoms with van der Waals surface area (Å²) in [6.07, 6.45) is 3.14. The van der Waals surface area contributed by atoms with Crippen molar-refractivity contribution in [3.63, 3.8) is 0 Å². The van der Waals surface area contributed by atoms with Gasteiger partial charge in [-0.1, -0.05) is 44.0 Å². The molecule has 19 heavy (non-hydrogen) atoms. The van der Waals surface area contributed by atoms with Crippen molar-refractivity contribution < 1.29 is 4.79 Å². The molecular formula is C15H23ClN2O. The molecular weight excluding hydrogens is 260 g/mol. The Morgan fingerprint density at radius 3 is 2.42 bits per heavy atom. The highest BCUT2D eigenvalue weighted by atomic mass is 35.5. The molecule has 1 rings (SSSR count). The highest BCUT2D eigenvalue weighted by Crippen LogP contribution is 2.09. The van der Waals surface area contributed by atoms with E-state index in [1.807, 2.05) is 29.2 Å². The third kappa shape index (κ3) is 5.97. The Kier molecular flexibility index (Phi) is 7.34. The lowest BCUT2D eigenvalue weighted by atomic mass is 10.2. The molecule has 0 atom stereocenters. The second-order valence-corrected chi connectivity index (χ2v) is 5.06. The molecule has 0 saturated carbocycles. The van der Waals surface area contributed by atoms with Crippen LogP contribution in [0.25, 0.3) is 0 Å². The zero-order valence-corrected chi connectivity index (χ0v) is 12.5. The van der Waals surface area contributed by atoms with Crippen LogP contribution < -0.4 is 5.32 Å². The molecule has 0 fully saturated rings. The predicted molar refractivity (Wildman–Crippen MR) is 80.5 cm³/mol. The molecule has 0 aliphatic heterocycles. The summed E-state index contributed by atoms with van der Waals surface area (Å²) < 4.78 is 0. The standard InChI is InChI=1S/C15H23ClN2O/c1-3-5-11-18(10-4-2)15(19)17-12-13-6-8-14(16)9-7-13/h6-9H,3-5,10-12H2,1-2H3,(H,17,19). The number of rotatable bonds is 7. The van der Waals surface area contributed by atoms with Gasteiger partial charge in [0.25, 0.3) is 0 Å². The van der Waals surface area contributed by atoms with Gasteiger partial charge in [0, 0.05) is 24.7 Å². The molecule has 4 heteroatoms. The molecule has 0 saturated heterocycles. The van der Waals surface area contributed by atoms with Crippen molar-refractivity contribution in [1.82, 2.24) is 10.2 Å². The summed E-state index contributed by atoms with van der Waals surface area (Å²) in [7, 11) is 0. The smallest absolute Gasteiger partial charge is 0.317 e. The van der Waals surface area contributed by atoms with Crippen molar-refractivity contribution in [3.8, 4) is 0 Å². The van der Waals surface area contributed by atoms with Crippen molar-refractivity contribution >= 4 is 17.6 Å². The van der Waals surface area contributed by atoms with Crippen LogP contribution in [0.15, 0.2) is 24.3 Å². The highest BCUT2D eigenvalue weighted by molar-refractivity contribution is 6.30. The van der Waals surface area contributed by atoms with Crippen LogP contribution >= 0.6 is 11.6 Å². The second kappa shape index (κ2) is 8.81. The molecule has 0 unspecified atom stereocenters. The molecule has 3 nitrogen and oxygen atoms in total. The maximum Gasteiger partial charge on any atom is 0.317 e. The lowest BCUT2D eigenvalue weighted by Gasteiger charge is -2.22. The fourth-order valence-electron chi connectivity index (χ4n) is 1.83. The largest absolute Gasteiger partial charge is 0.334 e. The van der Waals surface area contributed by atoms with Gasteiger partial charge in [-0.25, -0.2) is 4.79 Å². The van der Waals surface area contributed by atoms with Crippen LogP contribution in [0.3, 0.4) is 0 Å². The number of urea groups is 1. The molecule has 0 aliphatic rings. The third-order valence-corrected chi connectivity index (χ3v) is 3.17. The Morgan fingerprint density at radius 2 is 1.84 bits per heavy atom. The lowest BCUT2D eigenvalue weighted by Crippen LogP contribution is -2.40. The van der Waals surface area contributed by atoms with Gasteiger partial charge in [-0.3, -0.25) is 0 Å². The summed E-state index contributed by atoms with van der Waals surface area (Å²) in [6, 6.07) is 7.55. The van der Waals surface area contributed by atoms with Gasteiger partial charge in [-0.05, 0) is 30.5 Å². The predicted octanol–water partition coefficient (Wildman–Crippen LogP) is 4.06. The molecule has 106 valence electrons. The van der Waals surface area contributed by atoms with E-state index in [-0.39, 0.29) is 6.03 Å². The number of amides is 2. The van der Waals surface area contributed by atoms with Crippen LogP contribution in [0.1, 0.15) is 38.7 Å². The molecule has 0 aliphatic carbocycles. The maximum atomic E-state index is 12.1. The van der Waals surface area contributed by atoms with Crippen LogP contribution in [-0.4, -0.2) is 24.0 Å². The highest BCUT2D eigenvalue weighted by Gasteiger charge is 2.11. The van der Waals surface area contributed by atoms with Crippen LogP contribution in [0, 0.1) is 0 Å². The van der Waals surface area contributed by atoms with E-state index in [1.165, 1.54) is 0 Å². The second-order valence-electron chi connectivity index (χ2n) is 4.63. The van der Waals surface area contributed by atoms with E-state index < -0.39 is 0 Å². The van der Waals surface area contributed by atoms with Crippen molar-refractivity contribution in [2.45, 2.75) is 39.7 Å². The molecule has 0 bridgehead atoms. The molecule has 2 amide bonds. The number of carbonyl (C=O) groups excluding carboxylic acids is 1. The molecule has 0 aromatic heterocycles. The summed E-state index contributed by atoms with van der Waals surface area (Å²) in [5, 5.41) is 3.67. The monoisotopic (exact) mass is 282 g/mol. The number of hydrogen-bond donors (Lipinski definition) is 1. The van der Waals surface area contributed by atoms with E-state index in [1.54, 1.807) is 0 Å². The number of hydrogen-bond acceptors (Lipinski definition) is 1. The first-order valence-corrected chi connectivity index (χ1v) is 7.32. The van der Waals surface area contributed by atoms with Crippen LogP contribution in [0.2, 0.25) is 5.02 Å². The number of benzene rings is 1. The van der Waals surface area contributed by atoms with Gasteiger partial charge in [-0.15, -0.1) is 0 Å². The van der Waals surface area contributed by atoms with Crippen LogP contribution in [0.4, 0.5) is 4.79 Å². The van der Waals surface area contributed by atoms with Gasteiger partial charge in [0.1, 0.15) is 0 Å². The van der Waals surface area contributed by atoms with Crippen LogP contribution in [-0.2, 0) is 6.54 Å². The number of unbranched alkanes of at least 4 members (excludes halogenated alkanes) is 1. The molecule has 0 radical (unpaired) electrons. The maximum absolute atomic E-state index is 12.1. The van der Waals surface area contributed by atoms with Crippen molar-refractivity contribution in [3.05, 3.63) is 34.9 Å². The molecule has 1 aromatic rings. The van der Waals surface area contributed by atoms with E-state index in [0.29, 0.717) is 11.6 Å². The first kappa shape index (κ1) is 15.8. The minimum Gasteiger partial charge on any atom is -0.334 e. The van der Waals surface area contributed by atoms with Gasteiger partial charge in [0.15, 0.2) is 0 Å². The number of nitrogens with one attached hydrogen (secondary N) is 1. The zero-order valence-electron chi connectivity index (χ0n) is 11.8.